The largest absolute Gasteiger partial charge is 0.382 e. The molecule has 9 heteroatoms. The molecular formula is C29H27ClN6O2. The first-order valence-electron chi connectivity index (χ1n) is 12.3. The summed E-state index contributed by atoms with van der Waals surface area (Å²) >= 11 is 6.24. The van der Waals surface area contributed by atoms with E-state index in [9.17, 15) is 4.79 Å². The van der Waals surface area contributed by atoms with Crippen molar-refractivity contribution in [3.05, 3.63) is 82.0 Å². The number of rotatable bonds is 5. The van der Waals surface area contributed by atoms with Crippen molar-refractivity contribution >= 4 is 29.1 Å². The Bertz CT molecular complexity index is 1560. The number of nitrogens with two attached hydrogens (primary N) is 2. The lowest BCUT2D eigenvalue weighted by Crippen LogP contribution is -2.27. The Morgan fingerprint density at radius 2 is 1.97 bits per heavy atom. The molecule has 0 bridgehead atoms. The van der Waals surface area contributed by atoms with E-state index in [0.717, 1.165) is 48.4 Å². The summed E-state index contributed by atoms with van der Waals surface area (Å²) in [5.41, 5.74) is 17.6. The van der Waals surface area contributed by atoms with Crippen LogP contribution in [0.5, 0.6) is 0 Å². The zero-order valence-electron chi connectivity index (χ0n) is 20.8. The number of H-pyrrole nitrogens is 1. The second-order valence-electron chi connectivity index (χ2n) is 9.15. The van der Waals surface area contributed by atoms with E-state index >= 15 is 0 Å². The number of aromatic nitrogens is 3. The molecule has 0 aliphatic carbocycles. The number of primary amides is 1. The van der Waals surface area contributed by atoms with Gasteiger partial charge in [-0.15, -0.1) is 0 Å². The van der Waals surface area contributed by atoms with Gasteiger partial charge in [0.2, 0.25) is 5.95 Å². The van der Waals surface area contributed by atoms with Gasteiger partial charge in [0, 0.05) is 47.3 Å². The summed E-state index contributed by atoms with van der Waals surface area (Å²) in [6.07, 6.45) is 3.52. The maximum atomic E-state index is 12.3. The number of benzene rings is 2. The molecule has 1 saturated heterocycles. The number of ether oxygens (including phenoxy) is 1. The fourth-order valence-electron chi connectivity index (χ4n) is 4.45. The summed E-state index contributed by atoms with van der Waals surface area (Å²) in [6.45, 7) is 3.47. The minimum absolute atomic E-state index is 0.0870. The Hall–Kier alpha value is -4.32. The SMILES string of the molecule is Cc1ccc(Cl)cc1-c1[nH]c(-c2nc(N)ncc2C#Cc2cccc(NC3CCOCC3)c2)cc1C(N)=O. The Morgan fingerprint density at radius 3 is 2.76 bits per heavy atom. The third kappa shape index (κ3) is 5.65. The predicted molar refractivity (Wildman–Crippen MR) is 150 cm³/mol. The maximum Gasteiger partial charge on any atom is 0.250 e. The van der Waals surface area contributed by atoms with E-state index in [1.807, 2.05) is 37.3 Å². The summed E-state index contributed by atoms with van der Waals surface area (Å²) in [4.78, 5) is 24.2. The highest BCUT2D eigenvalue weighted by Crippen LogP contribution is 2.33. The number of carbonyl (C=O) groups is 1. The summed E-state index contributed by atoms with van der Waals surface area (Å²) in [6, 6.07) is 15.5. The highest BCUT2D eigenvalue weighted by Gasteiger charge is 2.20. The summed E-state index contributed by atoms with van der Waals surface area (Å²) in [5.74, 6) is 5.88. The Morgan fingerprint density at radius 1 is 1.16 bits per heavy atom. The second kappa shape index (κ2) is 11.0. The van der Waals surface area contributed by atoms with Gasteiger partial charge in [-0.1, -0.05) is 35.6 Å². The van der Waals surface area contributed by atoms with E-state index in [2.05, 4.69) is 32.1 Å². The summed E-state index contributed by atoms with van der Waals surface area (Å²) < 4.78 is 5.45. The van der Waals surface area contributed by atoms with Crippen LogP contribution in [0.1, 0.15) is 39.9 Å². The number of hydrogen-bond acceptors (Lipinski definition) is 6. The summed E-state index contributed by atoms with van der Waals surface area (Å²) in [7, 11) is 0. The fourth-order valence-corrected chi connectivity index (χ4v) is 4.62. The van der Waals surface area contributed by atoms with Crippen LogP contribution >= 0.6 is 11.6 Å². The monoisotopic (exact) mass is 526 g/mol. The molecule has 0 saturated carbocycles. The molecule has 8 nitrogen and oxygen atoms in total. The molecule has 2 aromatic carbocycles. The van der Waals surface area contributed by atoms with E-state index in [-0.39, 0.29) is 5.95 Å². The number of nitrogens with one attached hydrogen (secondary N) is 2. The normalized spacial score (nSPS) is 13.5. The lowest BCUT2D eigenvalue weighted by atomic mass is 10.0. The molecule has 5 rings (SSSR count). The Kier molecular flexibility index (Phi) is 7.31. The smallest absolute Gasteiger partial charge is 0.250 e. The highest BCUT2D eigenvalue weighted by molar-refractivity contribution is 6.31. The van der Waals surface area contributed by atoms with E-state index in [4.69, 9.17) is 27.8 Å². The van der Waals surface area contributed by atoms with Crippen molar-refractivity contribution in [3.8, 4) is 34.5 Å². The van der Waals surface area contributed by atoms with E-state index in [0.29, 0.717) is 39.3 Å². The molecule has 0 radical (unpaired) electrons. The van der Waals surface area contributed by atoms with Crippen LogP contribution in [0.15, 0.2) is 54.7 Å². The van der Waals surface area contributed by atoms with E-state index < -0.39 is 5.91 Å². The van der Waals surface area contributed by atoms with Crippen molar-refractivity contribution < 1.29 is 9.53 Å². The molecular weight excluding hydrogens is 500 g/mol. The third-order valence-electron chi connectivity index (χ3n) is 6.41. The first kappa shape index (κ1) is 25.3. The number of amides is 1. The van der Waals surface area contributed by atoms with Gasteiger partial charge in [-0.2, -0.15) is 0 Å². The van der Waals surface area contributed by atoms with Gasteiger partial charge in [-0.3, -0.25) is 4.79 Å². The summed E-state index contributed by atoms with van der Waals surface area (Å²) in [5, 5.41) is 4.11. The molecule has 0 spiro atoms. The van der Waals surface area contributed by atoms with Crippen LogP contribution in [0.4, 0.5) is 11.6 Å². The molecule has 1 amide bonds. The average molecular weight is 527 g/mol. The van der Waals surface area contributed by atoms with Crippen molar-refractivity contribution in [2.75, 3.05) is 24.3 Å². The number of anilines is 2. The van der Waals surface area contributed by atoms with Crippen LogP contribution in [0.25, 0.3) is 22.6 Å². The van der Waals surface area contributed by atoms with Gasteiger partial charge in [0.1, 0.15) is 5.69 Å². The van der Waals surface area contributed by atoms with Crippen molar-refractivity contribution in [3.63, 3.8) is 0 Å². The predicted octanol–water partition coefficient (Wildman–Crippen LogP) is 4.77. The zero-order chi connectivity index (χ0) is 26.6. The standard InChI is InChI=1S/C29H27ClN6O2/c1-17-5-8-20(30)14-23(17)27-24(28(31)37)15-25(35-27)26-19(16-33-29(32)36-26)7-6-18-3-2-4-22(13-18)34-21-9-11-38-12-10-21/h2-5,8,13-16,21,34-35H,9-12H2,1H3,(H2,31,37)(H2,32,33,36). The number of nitrogens with zero attached hydrogens (tertiary/aromatic N) is 2. The van der Waals surface area contributed by atoms with Gasteiger partial charge in [0.05, 0.1) is 22.5 Å². The molecule has 1 aliphatic heterocycles. The number of hydrogen-bond donors (Lipinski definition) is 4. The van der Waals surface area contributed by atoms with Crippen LogP contribution in [-0.2, 0) is 4.74 Å². The topological polar surface area (TPSA) is 132 Å². The molecule has 1 fully saturated rings. The van der Waals surface area contributed by atoms with Crippen LogP contribution in [-0.4, -0.2) is 40.1 Å². The van der Waals surface area contributed by atoms with Crippen molar-refractivity contribution in [1.29, 1.82) is 0 Å². The number of aromatic amines is 1. The van der Waals surface area contributed by atoms with Gasteiger partial charge in [-0.05, 0) is 61.7 Å². The molecule has 0 unspecified atom stereocenters. The molecule has 0 atom stereocenters. The highest BCUT2D eigenvalue weighted by atomic mass is 35.5. The number of halogens is 1. The maximum absolute atomic E-state index is 12.3. The van der Waals surface area contributed by atoms with Crippen LogP contribution in [0.2, 0.25) is 5.02 Å². The molecule has 2 aromatic heterocycles. The first-order chi connectivity index (χ1) is 18.4. The minimum Gasteiger partial charge on any atom is -0.382 e. The Labute approximate surface area is 225 Å². The number of aryl methyl sites for hydroxylation is 1. The van der Waals surface area contributed by atoms with Crippen molar-refractivity contribution in [2.24, 2.45) is 5.73 Å². The molecule has 38 heavy (non-hydrogen) atoms. The lowest BCUT2D eigenvalue weighted by Gasteiger charge is -2.24. The Balaban J connectivity index is 1.51. The van der Waals surface area contributed by atoms with Gasteiger partial charge in [-0.25, -0.2) is 9.97 Å². The lowest BCUT2D eigenvalue weighted by molar-refractivity contribution is 0.0904. The quantitative estimate of drug-likeness (QED) is 0.277. The van der Waals surface area contributed by atoms with Crippen molar-refractivity contribution in [1.82, 2.24) is 15.0 Å². The van der Waals surface area contributed by atoms with Gasteiger partial charge < -0.3 is 26.5 Å². The zero-order valence-corrected chi connectivity index (χ0v) is 21.6. The number of carbonyl (C=O) groups excluding carboxylic acids is 1. The first-order valence-corrected chi connectivity index (χ1v) is 12.6. The van der Waals surface area contributed by atoms with Crippen LogP contribution in [0.3, 0.4) is 0 Å². The second-order valence-corrected chi connectivity index (χ2v) is 9.58. The van der Waals surface area contributed by atoms with Gasteiger partial charge in [0.25, 0.3) is 5.91 Å². The molecule has 3 heterocycles. The van der Waals surface area contributed by atoms with Crippen molar-refractivity contribution in [2.45, 2.75) is 25.8 Å². The van der Waals surface area contributed by atoms with E-state index in [1.165, 1.54) is 0 Å². The minimum atomic E-state index is -0.578. The van der Waals surface area contributed by atoms with E-state index in [1.54, 1.807) is 24.4 Å². The number of nitrogen functional groups attached to an aromatic ring is 1. The average Bonchev–Trinajstić information content (AvgIpc) is 3.36. The molecule has 4 aromatic rings. The molecule has 192 valence electrons. The fraction of sp³-hybridized carbons (Fsp3) is 0.207. The third-order valence-corrected chi connectivity index (χ3v) is 6.65. The molecule has 6 N–H and O–H groups in total. The van der Waals surface area contributed by atoms with Crippen LogP contribution < -0.4 is 16.8 Å². The van der Waals surface area contributed by atoms with Gasteiger partial charge in [0.15, 0.2) is 0 Å². The van der Waals surface area contributed by atoms with Crippen LogP contribution in [0, 0.1) is 18.8 Å². The van der Waals surface area contributed by atoms with Gasteiger partial charge >= 0.3 is 0 Å². The molecule has 1 aliphatic rings.